The summed E-state index contributed by atoms with van der Waals surface area (Å²) < 4.78 is 0. The number of nitrogens with zero attached hydrogens (tertiary/aromatic N) is 2. The Balaban J connectivity index is 2.94. The molecule has 0 aromatic carbocycles. The summed E-state index contributed by atoms with van der Waals surface area (Å²) >= 11 is 5.20. The number of rotatable bonds is 1. The Kier molecular flexibility index (Phi) is 1.69. The van der Waals surface area contributed by atoms with Crippen molar-refractivity contribution in [3.63, 3.8) is 0 Å². The summed E-state index contributed by atoms with van der Waals surface area (Å²) in [6.45, 7) is 0. The van der Waals surface area contributed by atoms with Crippen LogP contribution in [-0.4, -0.2) is 9.97 Å². The van der Waals surface area contributed by atoms with Crippen molar-refractivity contribution in [2.45, 2.75) is 0 Å². The summed E-state index contributed by atoms with van der Waals surface area (Å²) in [6, 6.07) is 1.53. The summed E-state index contributed by atoms with van der Waals surface area (Å²) in [5.74, 6) is 0.900. The molecule has 0 aliphatic heterocycles. The molecular formula is C4H5ClN4. The Morgan fingerprint density at radius 2 is 2.33 bits per heavy atom. The first kappa shape index (κ1) is 6.10. The van der Waals surface area contributed by atoms with Crippen molar-refractivity contribution in [2.75, 3.05) is 10.6 Å². The van der Waals surface area contributed by atoms with E-state index in [1.165, 1.54) is 12.4 Å². The number of aromatic nitrogens is 2. The summed E-state index contributed by atoms with van der Waals surface area (Å²) in [4.78, 5) is 9.69. The number of hydrogen-bond acceptors (Lipinski definition) is 4. The maximum atomic E-state index is 5.28. The van der Waals surface area contributed by atoms with Gasteiger partial charge in [-0.3, -0.25) is 4.84 Å². The second kappa shape index (κ2) is 2.50. The molecule has 0 saturated heterocycles. The van der Waals surface area contributed by atoms with Gasteiger partial charge in [-0.15, -0.1) is 0 Å². The van der Waals surface area contributed by atoms with E-state index >= 15 is 0 Å². The first-order valence-electron chi connectivity index (χ1n) is 2.27. The topological polar surface area (TPSA) is 63.8 Å². The number of halogens is 1. The molecule has 0 saturated carbocycles. The molecule has 0 radical (unpaired) electrons. The van der Waals surface area contributed by atoms with Crippen LogP contribution in [0.3, 0.4) is 0 Å². The van der Waals surface area contributed by atoms with Gasteiger partial charge in [-0.2, -0.15) is 0 Å². The molecule has 9 heavy (non-hydrogen) atoms. The zero-order valence-electron chi connectivity index (χ0n) is 4.50. The summed E-state index contributed by atoms with van der Waals surface area (Å²) in [7, 11) is 0. The molecular weight excluding hydrogens is 140 g/mol. The van der Waals surface area contributed by atoms with E-state index < -0.39 is 0 Å². The van der Waals surface area contributed by atoms with Crippen LogP contribution in [0.2, 0.25) is 0 Å². The van der Waals surface area contributed by atoms with E-state index in [0.29, 0.717) is 11.6 Å². The Hall–Kier alpha value is -1.03. The number of nitrogen functional groups attached to an aromatic ring is 1. The highest BCUT2D eigenvalue weighted by molar-refractivity contribution is 6.23. The van der Waals surface area contributed by atoms with Crippen LogP contribution in [0.25, 0.3) is 0 Å². The molecule has 1 rings (SSSR count). The van der Waals surface area contributed by atoms with E-state index in [1.807, 2.05) is 0 Å². The smallest absolute Gasteiger partial charge is 0.145 e. The molecule has 0 unspecified atom stereocenters. The molecule has 0 atom stereocenters. The first-order chi connectivity index (χ1) is 4.33. The van der Waals surface area contributed by atoms with Gasteiger partial charge < -0.3 is 5.73 Å². The van der Waals surface area contributed by atoms with Crippen LogP contribution in [0, 0.1) is 0 Å². The van der Waals surface area contributed by atoms with E-state index in [4.69, 9.17) is 17.5 Å². The highest BCUT2D eigenvalue weighted by Crippen LogP contribution is 2.04. The number of hydrogen-bond donors (Lipinski definition) is 2. The van der Waals surface area contributed by atoms with E-state index in [2.05, 4.69) is 14.8 Å². The molecule has 1 aromatic heterocycles. The SMILES string of the molecule is Nc1cc(NCl)ncn1. The van der Waals surface area contributed by atoms with Crippen LogP contribution in [0.4, 0.5) is 11.6 Å². The van der Waals surface area contributed by atoms with Gasteiger partial charge in [0.05, 0.1) is 0 Å². The molecule has 0 bridgehead atoms. The van der Waals surface area contributed by atoms with E-state index in [0.717, 1.165) is 0 Å². The second-order valence-corrected chi connectivity index (χ2v) is 1.61. The molecule has 0 fully saturated rings. The van der Waals surface area contributed by atoms with Crippen LogP contribution in [0.5, 0.6) is 0 Å². The van der Waals surface area contributed by atoms with E-state index in [-0.39, 0.29) is 0 Å². The molecule has 0 aliphatic carbocycles. The first-order valence-corrected chi connectivity index (χ1v) is 2.65. The molecule has 0 aliphatic rings. The Bertz CT molecular complexity index is 202. The van der Waals surface area contributed by atoms with Crippen molar-refractivity contribution >= 4 is 23.4 Å². The lowest BCUT2D eigenvalue weighted by molar-refractivity contribution is 1.18. The maximum absolute atomic E-state index is 5.28. The minimum Gasteiger partial charge on any atom is -0.384 e. The van der Waals surface area contributed by atoms with Crippen molar-refractivity contribution in [3.05, 3.63) is 12.4 Å². The normalized spacial score (nSPS) is 9.00. The summed E-state index contributed by atoms with van der Waals surface area (Å²) in [5.41, 5.74) is 5.28. The van der Waals surface area contributed by atoms with E-state index in [1.54, 1.807) is 0 Å². The Morgan fingerprint density at radius 1 is 1.56 bits per heavy atom. The van der Waals surface area contributed by atoms with Crippen molar-refractivity contribution in [1.29, 1.82) is 0 Å². The van der Waals surface area contributed by atoms with Gasteiger partial charge in [-0.1, -0.05) is 0 Å². The third-order valence-electron chi connectivity index (χ3n) is 0.785. The lowest BCUT2D eigenvalue weighted by Gasteiger charge is -1.94. The molecule has 1 heterocycles. The minimum absolute atomic E-state index is 0.396. The fraction of sp³-hybridized carbons (Fsp3) is 0. The molecule has 3 N–H and O–H groups in total. The van der Waals surface area contributed by atoms with Gasteiger partial charge in [0.25, 0.3) is 0 Å². The summed E-state index contributed by atoms with van der Waals surface area (Å²) in [5, 5.41) is 0. The van der Waals surface area contributed by atoms with Crippen LogP contribution < -0.4 is 10.6 Å². The van der Waals surface area contributed by atoms with Gasteiger partial charge in [0, 0.05) is 17.8 Å². The van der Waals surface area contributed by atoms with Gasteiger partial charge in [0.1, 0.15) is 18.0 Å². The lowest BCUT2D eigenvalue weighted by Crippen LogP contribution is -1.92. The Labute approximate surface area is 57.2 Å². The highest BCUT2D eigenvalue weighted by Gasteiger charge is 1.89. The van der Waals surface area contributed by atoms with Gasteiger partial charge in [0.15, 0.2) is 0 Å². The third kappa shape index (κ3) is 1.43. The number of nitrogens with two attached hydrogens (primary N) is 1. The van der Waals surface area contributed by atoms with Gasteiger partial charge in [0.2, 0.25) is 0 Å². The van der Waals surface area contributed by atoms with Crippen LogP contribution in [0.15, 0.2) is 12.4 Å². The van der Waals surface area contributed by atoms with Crippen molar-refractivity contribution in [1.82, 2.24) is 9.97 Å². The zero-order chi connectivity index (χ0) is 6.69. The fourth-order valence-electron chi connectivity index (χ4n) is 0.424. The standard InChI is InChI=1S/C4H5ClN4/c5-9-4-1-3(6)7-2-8-4/h1-2H,(H3,6,7,8,9). The van der Waals surface area contributed by atoms with Crippen molar-refractivity contribution in [2.24, 2.45) is 0 Å². The predicted octanol–water partition coefficient (Wildman–Crippen LogP) is 0.625. The van der Waals surface area contributed by atoms with Gasteiger partial charge in [-0.25, -0.2) is 9.97 Å². The second-order valence-electron chi connectivity index (χ2n) is 1.42. The number of nitrogens with one attached hydrogen (secondary N) is 1. The fourth-order valence-corrected chi connectivity index (χ4v) is 0.527. The third-order valence-corrected chi connectivity index (χ3v) is 0.979. The zero-order valence-corrected chi connectivity index (χ0v) is 5.26. The molecule has 5 heteroatoms. The van der Waals surface area contributed by atoms with Gasteiger partial charge >= 0.3 is 0 Å². The van der Waals surface area contributed by atoms with Crippen molar-refractivity contribution in [3.8, 4) is 0 Å². The lowest BCUT2D eigenvalue weighted by atomic mass is 10.5. The average molecular weight is 145 g/mol. The Morgan fingerprint density at radius 3 is 2.78 bits per heavy atom. The molecule has 0 amide bonds. The van der Waals surface area contributed by atoms with Gasteiger partial charge in [-0.05, 0) is 0 Å². The van der Waals surface area contributed by atoms with Crippen LogP contribution in [-0.2, 0) is 0 Å². The quantitative estimate of drug-likeness (QED) is 0.568. The molecule has 48 valence electrons. The maximum Gasteiger partial charge on any atom is 0.145 e. The highest BCUT2D eigenvalue weighted by atomic mass is 35.5. The van der Waals surface area contributed by atoms with Crippen LogP contribution in [0.1, 0.15) is 0 Å². The minimum atomic E-state index is 0.396. The van der Waals surface area contributed by atoms with E-state index in [9.17, 15) is 0 Å². The molecule has 0 spiro atoms. The predicted molar refractivity (Wildman–Crippen MR) is 35.9 cm³/mol. The van der Waals surface area contributed by atoms with Crippen LogP contribution >= 0.6 is 11.8 Å². The average Bonchev–Trinajstić information content (AvgIpc) is 1.88. The number of anilines is 2. The monoisotopic (exact) mass is 144 g/mol. The largest absolute Gasteiger partial charge is 0.384 e. The van der Waals surface area contributed by atoms with Crippen molar-refractivity contribution < 1.29 is 0 Å². The summed E-state index contributed by atoms with van der Waals surface area (Å²) in [6.07, 6.45) is 1.33. The molecule has 4 nitrogen and oxygen atoms in total. The molecule has 1 aromatic rings.